The van der Waals surface area contributed by atoms with Gasteiger partial charge in [0.1, 0.15) is 16.7 Å². The average molecular weight is 474 g/mol. The van der Waals surface area contributed by atoms with Crippen molar-refractivity contribution in [3.05, 3.63) is 46.9 Å². The minimum Gasteiger partial charge on any atom is -0.450 e. The smallest absolute Gasteiger partial charge is 0.349 e. The van der Waals surface area contributed by atoms with Crippen molar-refractivity contribution in [3.63, 3.8) is 0 Å². The molecule has 35 heavy (non-hydrogen) atoms. The second-order valence-electron chi connectivity index (χ2n) is 9.28. The Kier molecular flexibility index (Phi) is 5.06. The number of hydrogen-bond donors (Lipinski definition) is 0. The summed E-state index contributed by atoms with van der Waals surface area (Å²) in [6.07, 6.45) is 9.73. The maximum absolute atomic E-state index is 13.6. The molecular formula is C25H27N7O3. The van der Waals surface area contributed by atoms with Crippen molar-refractivity contribution in [1.29, 1.82) is 0 Å². The SMILES string of the molecule is CCC1CC(n2c(=O)nc(-c3cnn(C)c3)c3oc4cc(C)c(-c5cnn(C)c5)nc4c32)CCO1. The van der Waals surface area contributed by atoms with Gasteiger partial charge in [-0.25, -0.2) is 9.78 Å². The van der Waals surface area contributed by atoms with Gasteiger partial charge in [0.25, 0.3) is 0 Å². The Balaban J connectivity index is 1.68. The molecule has 1 fully saturated rings. The Hall–Kier alpha value is -3.79. The zero-order valence-electron chi connectivity index (χ0n) is 20.2. The zero-order chi connectivity index (χ0) is 24.3. The first-order valence-corrected chi connectivity index (χ1v) is 11.9. The minimum atomic E-state index is -0.314. The fourth-order valence-corrected chi connectivity index (χ4v) is 5.07. The molecule has 0 aliphatic carbocycles. The third kappa shape index (κ3) is 3.56. The van der Waals surface area contributed by atoms with Crippen LogP contribution in [0.15, 0.2) is 40.1 Å². The molecule has 6 rings (SSSR count). The molecule has 1 saturated heterocycles. The number of furan rings is 1. The van der Waals surface area contributed by atoms with E-state index in [1.165, 1.54) is 0 Å². The summed E-state index contributed by atoms with van der Waals surface area (Å²) >= 11 is 0. The van der Waals surface area contributed by atoms with Gasteiger partial charge in [0.05, 0.1) is 24.2 Å². The van der Waals surface area contributed by atoms with Crippen LogP contribution in [0.25, 0.3) is 44.7 Å². The van der Waals surface area contributed by atoms with Crippen LogP contribution in [0.1, 0.15) is 37.8 Å². The molecule has 10 nitrogen and oxygen atoms in total. The summed E-state index contributed by atoms with van der Waals surface area (Å²) in [5.41, 5.74) is 6.06. The average Bonchev–Trinajstić information content (AvgIpc) is 3.56. The molecule has 0 aromatic carbocycles. The molecule has 0 spiro atoms. The molecule has 0 bridgehead atoms. The number of aryl methyl sites for hydroxylation is 3. The van der Waals surface area contributed by atoms with Gasteiger partial charge in [0, 0.05) is 50.3 Å². The molecule has 0 radical (unpaired) electrons. The van der Waals surface area contributed by atoms with E-state index in [0.717, 1.165) is 41.6 Å². The van der Waals surface area contributed by atoms with Crippen molar-refractivity contribution in [2.75, 3.05) is 6.61 Å². The van der Waals surface area contributed by atoms with E-state index in [9.17, 15) is 4.79 Å². The van der Waals surface area contributed by atoms with E-state index in [0.29, 0.717) is 34.5 Å². The van der Waals surface area contributed by atoms with E-state index < -0.39 is 0 Å². The molecule has 1 aliphatic heterocycles. The summed E-state index contributed by atoms with van der Waals surface area (Å²) in [7, 11) is 3.71. The quantitative estimate of drug-likeness (QED) is 0.391. The van der Waals surface area contributed by atoms with Gasteiger partial charge in [-0.1, -0.05) is 6.92 Å². The molecule has 5 aromatic heterocycles. The van der Waals surface area contributed by atoms with Crippen molar-refractivity contribution in [1.82, 2.24) is 34.1 Å². The molecule has 1 aliphatic rings. The fourth-order valence-electron chi connectivity index (χ4n) is 5.07. The van der Waals surface area contributed by atoms with Crippen LogP contribution >= 0.6 is 0 Å². The van der Waals surface area contributed by atoms with E-state index in [4.69, 9.17) is 14.1 Å². The van der Waals surface area contributed by atoms with Crippen LogP contribution in [0, 0.1) is 6.92 Å². The van der Waals surface area contributed by atoms with Crippen molar-refractivity contribution < 1.29 is 9.15 Å². The summed E-state index contributed by atoms with van der Waals surface area (Å²) in [5.74, 6) is 0. The summed E-state index contributed by atoms with van der Waals surface area (Å²) in [6, 6.07) is 1.93. The number of pyridine rings is 1. The monoisotopic (exact) mass is 473 g/mol. The van der Waals surface area contributed by atoms with E-state index in [-0.39, 0.29) is 17.8 Å². The summed E-state index contributed by atoms with van der Waals surface area (Å²) < 4.78 is 17.5. The Morgan fingerprint density at radius 1 is 1.06 bits per heavy atom. The number of aromatic nitrogens is 7. The van der Waals surface area contributed by atoms with Gasteiger partial charge >= 0.3 is 5.69 Å². The predicted molar refractivity (Wildman–Crippen MR) is 131 cm³/mol. The number of ether oxygens (including phenoxy) is 1. The van der Waals surface area contributed by atoms with E-state index >= 15 is 0 Å². The molecule has 5 aromatic rings. The Morgan fingerprint density at radius 3 is 2.43 bits per heavy atom. The molecule has 0 N–H and O–H groups in total. The Bertz CT molecular complexity index is 1620. The van der Waals surface area contributed by atoms with Gasteiger partial charge < -0.3 is 9.15 Å². The highest BCUT2D eigenvalue weighted by Crippen LogP contribution is 2.38. The molecule has 10 heteroatoms. The molecule has 0 saturated carbocycles. The van der Waals surface area contributed by atoms with Crippen molar-refractivity contribution in [3.8, 4) is 22.5 Å². The fraction of sp³-hybridized carbons (Fsp3) is 0.400. The highest BCUT2D eigenvalue weighted by molar-refractivity contribution is 6.05. The number of fused-ring (bicyclic) bond motifs is 3. The largest absolute Gasteiger partial charge is 0.450 e. The summed E-state index contributed by atoms with van der Waals surface area (Å²) in [4.78, 5) is 23.1. The topological polar surface area (TPSA) is 106 Å². The van der Waals surface area contributed by atoms with E-state index in [1.807, 2.05) is 39.5 Å². The van der Waals surface area contributed by atoms with Crippen LogP contribution in [0.2, 0.25) is 0 Å². The zero-order valence-corrected chi connectivity index (χ0v) is 20.2. The maximum atomic E-state index is 13.6. The standard InChI is InChI=1S/C25H27N7O3/c1-5-18-9-17(6-7-34-18)32-23-22-19(8-14(2)20(28-22)15-10-26-30(3)12-15)35-24(23)21(29-25(32)33)16-11-27-31(4)13-16/h8,10-13,17-18H,5-7,9H2,1-4H3. The lowest BCUT2D eigenvalue weighted by Gasteiger charge is -2.30. The van der Waals surface area contributed by atoms with Gasteiger partial charge in [-0.2, -0.15) is 15.2 Å². The van der Waals surface area contributed by atoms with Crippen LogP contribution in [0.4, 0.5) is 0 Å². The highest BCUT2D eigenvalue weighted by Gasteiger charge is 2.29. The van der Waals surface area contributed by atoms with Crippen molar-refractivity contribution >= 4 is 22.2 Å². The van der Waals surface area contributed by atoms with Crippen LogP contribution in [0.3, 0.4) is 0 Å². The van der Waals surface area contributed by atoms with Gasteiger partial charge in [-0.3, -0.25) is 13.9 Å². The lowest BCUT2D eigenvalue weighted by molar-refractivity contribution is -0.00710. The first kappa shape index (κ1) is 21.7. The highest BCUT2D eigenvalue weighted by atomic mass is 16.5. The summed E-state index contributed by atoms with van der Waals surface area (Å²) in [6.45, 7) is 4.71. The van der Waals surface area contributed by atoms with Gasteiger partial charge in [0.15, 0.2) is 11.2 Å². The predicted octanol–water partition coefficient (Wildman–Crippen LogP) is 3.78. The van der Waals surface area contributed by atoms with Crippen molar-refractivity contribution in [2.24, 2.45) is 14.1 Å². The number of rotatable bonds is 4. The number of nitrogens with zero attached hydrogens (tertiary/aromatic N) is 7. The first-order chi connectivity index (χ1) is 16.9. The molecular weight excluding hydrogens is 446 g/mol. The van der Waals surface area contributed by atoms with E-state index in [1.54, 1.807) is 26.3 Å². The molecule has 2 atom stereocenters. The van der Waals surface area contributed by atoms with E-state index in [2.05, 4.69) is 22.1 Å². The molecule has 0 amide bonds. The Labute approximate surface area is 201 Å². The lowest BCUT2D eigenvalue weighted by Crippen LogP contribution is -2.34. The summed E-state index contributed by atoms with van der Waals surface area (Å²) in [5, 5.41) is 8.58. The molecule has 2 unspecified atom stereocenters. The third-order valence-corrected chi connectivity index (χ3v) is 6.82. The second-order valence-corrected chi connectivity index (χ2v) is 9.28. The molecule has 6 heterocycles. The Morgan fingerprint density at radius 2 is 1.77 bits per heavy atom. The van der Waals surface area contributed by atoms with Gasteiger partial charge in [0.2, 0.25) is 0 Å². The second kappa shape index (κ2) is 8.16. The lowest BCUT2D eigenvalue weighted by atomic mass is 10.0. The van der Waals surface area contributed by atoms with Gasteiger partial charge in [-0.15, -0.1) is 0 Å². The van der Waals surface area contributed by atoms with Crippen LogP contribution in [0.5, 0.6) is 0 Å². The van der Waals surface area contributed by atoms with Crippen LogP contribution in [-0.2, 0) is 18.8 Å². The van der Waals surface area contributed by atoms with Crippen molar-refractivity contribution in [2.45, 2.75) is 45.3 Å². The van der Waals surface area contributed by atoms with Crippen LogP contribution < -0.4 is 5.69 Å². The normalized spacial score (nSPS) is 18.6. The minimum absolute atomic E-state index is 0.0510. The number of hydrogen-bond acceptors (Lipinski definition) is 7. The first-order valence-electron chi connectivity index (χ1n) is 11.9. The van der Waals surface area contributed by atoms with Crippen LogP contribution in [-0.4, -0.2) is 46.8 Å². The van der Waals surface area contributed by atoms with Gasteiger partial charge in [-0.05, 0) is 37.8 Å². The molecule has 180 valence electrons. The third-order valence-electron chi connectivity index (χ3n) is 6.82. The maximum Gasteiger partial charge on any atom is 0.349 e.